The van der Waals surface area contributed by atoms with Crippen molar-refractivity contribution in [3.63, 3.8) is 0 Å². The molecular weight excluding hydrogens is 683 g/mol. The van der Waals surface area contributed by atoms with Gasteiger partial charge in [-0.15, -0.1) is 0 Å². The lowest BCUT2D eigenvalue weighted by atomic mass is 10.0. The molecule has 1 aliphatic rings. The molecule has 2 amide bonds. The number of benzene rings is 3. The Labute approximate surface area is 290 Å². The molecule has 0 bridgehead atoms. The van der Waals surface area contributed by atoms with Crippen molar-refractivity contribution < 1.29 is 60.0 Å². The van der Waals surface area contributed by atoms with Gasteiger partial charge in [0.2, 0.25) is 46.6 Å². The Kier molecular flexibility index (Phi) is 15.3. The number of hydrogen-bond acceptors (Lipinski definition) is 8. The van der Waals surface area contributed by atoms with E-state index in [0.29, 0.717) is 6.54 Å². The van der Waals surface area contributed by atoms with Crippen LogP contribution < -0.4 is 15.0 Å². The average Bonchev–Trinajstić information content (AvgIpc) is 3.12. The first-order valence-electron chi connectivity index (χ1n) is 16.0. The van der Waals surface area contributed by atoms with Gasteiger partial charge in [-0.05, 0) is 23.8 Å². The largest absolute Gasteiger partial charge is 0.420 e. The van der Waals surface area contributed by atoms with E-state index in [2.05, 4.69) is 21.9 Å². The quantitative estimate of drug-likeness (QED) is 0.0365. The lowest BCUT2D eigenvalue weighted by Crippen LogP contribution is -2.35. The molecular formula is C36H35F5N2O8. The molecule has 1 aliphatic heterocycles. The number of carbonyl (C=O) groups is 3. The Morgan fingerprint density at radius 1 is 0.627 bits per heavy atom. The maximum Gasteiger partial charge on any atom is 0.313 e. The van der Waals surface area contributed by atoms with Gasteiger partial charge in [-0.3, -0.25) is 14.4 Å². The second-order valence-electron chi connectivity index (χ2n) is 10.8. The van der Waals surface area contributed by atoms with Gasteiger partial charge in [-0.25, -0.2) is 13.2 Å². The van der Waals surface area contributed by atoms with E-state index in [0.717, 1.165) is 22.4 Å². The van der Waals surface area contributed by atoms with Gasteiger partial charge in [-0.2, -0.15) is 8.78 Å². The summed E-state index contributed by atoms with van der Waals surface area (Å²) in [6, 6.07) is 15.2. The highest BCUT2D eigenvalue weighted by Gasteiger charge is 2.28. The third-order valence-corrected chi connectivity index (χ3v) is 7.26. The molecule has 0 atom stereocenters. The topological polar surface area (TPSA) is 113 Å². The minimum Gasteiger partial charge on any atom is -0.420 e. The molecule has 0 unspecified atom stereocenters. The molecule has 0 saturated heterocycles. The lowest BCUT2D eigenvalue weighted by Gasteiger charge is -2.26. The molecule has 3 aromatic carbocycles. The fraction of sp³-hybridized carbons (Fsp3) is 0.361. The lowest BCUT2D eigenvalue weighted by molar-refractivity contribution is -0.136. The second-order valence-corrected chi connectivity index (χ2v) is 10.8. The number of fused-ring (bicyclic) bond motifs is 2. The average molecular weight is 719 g/mol. The van der Waals surface area contributed by atoms with Crippen molar-refractivity contribution in [1.82, 2.24) is 5.32 Å². The van der Waals surface area contributed by atoms with Crippen LogP contribution in [0.3, 0.4) is 0 Å². The number of ether oxygens (including phenoxy) is 5. The maximum absolute atomic E-state index is 13.6. The summed E-state index contributed by atoms with van der Waals surface area (Å²) < 4.78 is 92.0. The monoisotopic (exact) mass is 718 g/mol. The summed E-state index contributed by atoms with van der Waals surface area (Å²) in [5.41, 5.74) is 3.30. The number of halogens is 5. The summed E-state index contributed by atoms with van der Waals surface area (Å²) in [7, 11) is 0. The Morgan fingerprint density at radius 3 is 1.78 bits per heavy atom. The fourth-order valence-electron chi connectivity index (χ4n) is 4.66. The minimum atomic E-state index is -2.36. The van der Waals surface area contributed by atoms with Crippen LogP contribution in [0.2, 0.25) is 0 Å². The number of para-hydroxylation sites is 1. The molecule has 1 heterocycles. The molecule has 0 aliphatic carbocycles. The van der Waals surface area contributed by atoms with Gasteiger partial charge in [0.15, 0.2) is 0 Å². The van der Waals surface area contributed by atoms with E-state index in [1.165, 1.54) is 0 Å². The highest BCUT2D eigenvalue weighted by molar-refractivity contribution is 5.95. The van der Waals surface area contributed by atoms with Crippen molar-refractivity contribution in [2.75, 3.05) is 64.3 Å². The number of hydrogen-bond donors (Lipinski definition) is 1. The molecule has 15 heteroatoms. The number of carbonyl (C=O) groups excluding carboxylic acids is 3. The second kappa shape index (κ2) is 20.1. The zero-order valence-electron chi connectivity index (χ0n) is 27.4. The summed E-state index contributed by atoms with van der Waals surface area (Å²) in [6.07, 6.45) is -0.283. The van der Waals surface area contributed by atoms with Crippen LogP contribution in [0.25, 0.3) is 0 Å². The third kappa shape index (κ3) is 11.6. The van der Waals surface area contributed by atoms with E-state index in [1.807, 2.05) is 48.5 Å². The Bertz CT molecular complexity index is 1720. The van der Waals surface area contributed by atoms with E-state index in [9.17, 15) is 36.3 Å². The van der Waals surface area contributed by atoms with Crippen LogP contribution in [-0.2, 0) is 39.9 Å². The third-order valence-electron chi connectivity index (χ3n) is 7.26. The summed E-state index contributed by atoms with van der Waals surface area (Å²) in [6.45, 7) is 1.60. The fourth-order valence-corrected chi connectivity index (χ4v) is 4.66. The van der Waals surface area contributed by atoms with Crippen molar-refractivity contribution >= 4 is 23.5 Å². The normalized spacial score (nSPS) is 11.8. The van der Waals surface area contributed by atoms with Gasteiger partial charge in [0.25, 0.3) is 0 Å². The summed E-state index contributed by atoms with van der Waals surface area (Å²) in [5.74, 6) is -8.27. The number of rotatable bonds is 19. The molecule has 10 nitrogen and oxygen atoms in total. The van der Waals surface area contributed by atoms with Crippen LogP contribution >= 0.6 is 0 Å². The molecule has 51 heavy (non-hydrogen) atoms. The molecule has 0 spiro atoms. The number of amides is 2. The van der Waals surface area contributed by atoms with Gasteiger partial charge >= 0.3 is 5.97 Å². The first kappa shape index (κ1) is 38.9. The molecule has 0 aromatic heterocycles. The van der Waals surface area contributed by atoms with Crippen molar-refractivity contribution in [2.24, 2.45) is 0 Å². The van der Waals surface area contributed by atoms with Crippen LogP contribution in [0.5, 0.6) is 5.75 Å². The van der Waals surface area contributed by atoms with Crippen LogP contribution in [0.15, 0.2) is 48.5 Å². The smallest absolute Gasteiger partial charge is 0.313 e. The number of nitrogens with zero attached hydrogens (tertiary/aromatic N) is 1. The number of esters is 1. The summed E-state index contributed by atoms with van der Waals surface area (Å²) in [5, 5.41) is 2.75. The Hall–Kier alpha value is -4.88. The van der Waals surface area contributed by atoms with Gasteiger partial charge < -0.3 is 33.9 Å². The van der Waals surface area contributed by atoms with E-state index in [4.69, 9.17) is 18.9 Å². The van der Waals surface area contributed by atoms with Crippen LogP contribution in [-0.4, -0.2) is 77.2 Å². The molecule has 0 fully saturated rings. The Balaban J connectivity index is 0.982. The number of nitrogens with one attached hydrogen (secondary N) is 1. The van der Waals surface area contributed by atoms with E-state index in [-0.39, 0.29) is 84.1 Å². The predicted molar refractivity (Wildman–Crippen MR) is 172 cm³/mol. The standard InChI is InChI=1S/C36H35F5N2O8/c37-31-32(38)34(40)36(35(41)33(31)39)51-30(46)13-16-48-18-20-50-22-21-49-19-17-47-15-12-28(44)42-14-11-29(45)43-23-26-7-2-1-5-24(26)9-10-25-6-3-4-8-27(25)43/h1-8H,11-23H2,(H,42,44). The van der Waals surface area contributed by atoms with Crippen molar-refractivity contribution in [2.45, 2.75) is 25.8 Å². The zero-order valence-corrected chi connectivity index (χ0v) is 27.4. The van der Waals surface area contributed by atoms with E-state index < -0.39 is 47.2 Å². The molecule has 0 radical (unpaired) electrons. The van der Waals surface area contributed by atoms with Crippen molar-refractivity contribution in [3.05, 3.63) is 94.3 Å². The SMILES string of the molecule is O=C(CCOCCOCCOCCOCCC(=O)Oc1c(F)c(F)c(F)c(F)c1F)NCCC(=O)N1Cc2ccccc2C#Cc2ccccc21. The predicted octanol–water partition coefficient (Wildman–Crippen LogP) is 4.59. The number of anilines is 1. The van der Waals surface area contributed by atoms with Crippen LogP contribution in [0.4, 0.5) is 27.6 Å². The molecule has 272 valence electrons. The van der Waals surface area contributed by atoms with E-state index in [1.54, 1.807) is 4.90 Å². The molecule has 3 aromatic rings. The summed E-state index contributed by atoms with van der Waals surface area (Å²) >= 11 is 0. The van der Waals surface area contributed by atoms with Crippen molar-refractivity contribution in [1.29, 1.82) is 0 Å². The molecule has 1 N–H and O–H groups in total. The van der Waals surface area contributed by atoms with Crippen LogP contribution in [0, 0.1) is 40.9 Å². The van der Waals surface area contributed by atoms with E-state index >= 15 is 0 Å². The summed E-state index contributed by atoms with van der Waals surface area (Å²) in [4.78, 5) is 38.9. The van der Waals surface area contributed by atoms with Gasteiger partial charge in [-0.1, -0.05) is 42.2 Å². The van der Waals surface area contributed by atoms with Gasteiger partial charge in [0.1, 0.15) is 0 Å². The first-order chi connectivity index (χ1) is 24.7. The zero-order chi connectivity index (χ0) is 36.6. The van der Waals surface area contributed by atoms with Gasteiger partial charge in [0.05, 0.1) is 71.5 Å². The van der Waals surface area contributed by atoms with Gasteiger partial charge in [0, 0.05) is 30.5 Å². The van der Waals surface area contributed by atoms with Crippen LogP contribution in [0.1, 0.15) is 36.0 Å². The molecule has 4 rings (SSSR count). The first-order valence-corrected chi connectivity index (χ1v) is 16.0. The highest BCUT2D eigenvalue weighted by atomic mass is 19.2. The Morgan fingerprint density at radius 2 is 1.14 bits per heavy atom. The minimum absolute atomic E-state index is 0.0467. The molecule has 0 saturated carbocycles. The maximum atomic E-state index is 13.6. The van der Waals surface area contributed by atoms with Crippen molar-refractivity contribution in [3.8, 4) is 17.6 Å². The highest BCUT2D eigenvalue weighted by Crippen LogP contribution is 2.29.